The lowest BCUT2D eigenvalue weighted by Crippen LogP contribution is -1.96. The van der Waals surface area contributed by atoms with E-state index in [1.807, 2.05) is 29.5 Å². The molecule has 0 amide bonds. The summed E-state index contributed by atoms with van der Waals surface area (Å²) in [5.41, 5.74) is 2.35. The first-order chi connectivity index (χ1) is 9.11. The molecule has 0 aliphatic rings. The Hall–Kier alpha value is -1.10. The fourth-order valence-electron chi connectivity index (χ4n) is 1.87. The molecule has 0 radical (unpaired) electrons. The Kier molecular flexibility index (Phi) is 3.48. The van der Waals surface area contributed by atoms with Gasteiger partial charge in [-0.1, -0.05) is 22.9 Å². The van der Waals surface area contributed by atoms with Crippen LogP contribution in [0.5, 0.6) is 0 Å². The van der Waals surface area contributed by atoms with Gasteiger partial charge in [0.1, 0.15) is 0 Å². The van der Waals surface area contributed by atoms with E-state index in [0.29, 0.717) is 0 Å². The van der Waals surface area contributed by atoms with Gasteiger partial charge in [-0.2, -0.15) is 0 Å². The third kappa shape index (κ3) is 2.76. The molecule has 0 saturated heterocycles. The number of aromatic nitrogens is 1. The number of anilines is 1. The first-order valence-electron chi connectivity index (χ1n) is 5.98. The average Bonchev–Trinajstić information content (AvgIpc) is 2.90. The molecule has 3 rings (SSSR count). The van der Waals surface area contributed by atoms with Crippen LogP contribution in [0.2, 0.25) is 5.02 Å². The van der Waals surface area contributed by atoms with Gasteiger partial charge in [0.2, 0.25) is 0 Å². The van der Waals surface area contributed by atoms with Crippen LogP contribution in [0.15, 0.2) is 24.3 Å². The summed E-state index contributed by atoms with van der Waals surface area (Å²) in [6.07, 6.45) is 0. The highest BCUT2D eigenvalue weighted by Gasteiger charge is 2.06. The molecule has 2 aromatic heterocycles. The number of thiophene rings is 1. The lowest BCUT2D eigenvalue weighted by atomic mass is 10.3. The maximum absolute atomic E-state index is 5.98. The van der Waals surface area contributed by atoms with Crippen molar-refractivity contribution in [2.24, 2.45) is 0 Å². The molecule has 0 unspecified atom stereocenters. The molecule has 1 aromatic carbocycles. The summed E-state index contributed by atoms with van der Waals surface area (Å²) in [4.78, 5) is 7.27. The van der Waals surface area contributed by atoms with Gasteiger partial charge >= 0.3 is 0 Å². The molecular formula is C14H13ClN2S2. The molecule has 98 valence electrons. The highest BCUT2D eigenvalue weighted by Crippen LogP contribution is 2.29. The Morgan fingerprint density at radius 1 is 1.21 bits per heavy atom. The van der Waals surface area contributed by atoms with Crippen molar-refractivity contribution in [1.29, 1.82) is 0 Å². The standard InChI is InChI=1S/C14H13ClN2S2/c1-8-5-11(18-9(8)2)7-16-14-17-12-4-3-10(15)6-13(12)19-14/h3-6H,7H2,1-2H3,(H,16,17). The largest absolute Gasteiger partial charge is 0.357 e. The van der Waals surface area contributed by atoms with Crippen molar-refractivity contribution < 1.29 is 0 Å². The summed E-state index contributed by atoms with van der Waals surface area (Å²) in [5.74, 6) is 0. The summed E-state index contributed by atoms with van der Waals surface area (Å²) in [6.45, 7) is 5.13. The van der Waals surface area contributed by atoms with Crippen LogP contribution in [0.25, 0.3) is 10.2 Å². The first-order valence-corrected chi connectivity index (χ1v) is 7.99. The molecule has 2 nitrogen and oxygen atoms in total. The third-order valence-corrected chi connectivity index (χ3v) is 5.34. The monoisotopic (exact) mass is 308 g/mol. The van der Waals surface area contributed by atoms with E-state index in [1.165, 1.54) is 15.3 Å². The minimum atomic E-state index is 0.757. The Morgan fingerprint density at radius 3 is 2.79 bits per heavy atom. The number of halogens is 1. The van der Waals surface area contributed by atoms with E-state index in [0.717, 1.165) is 26.9 Å². The Morgan fingerprint density at radius 2 is 2.05 bits per heavy atom. The van der Waals surface area contributed by atoms with Gasteiger partial charge in [0.15, 0.2) is 5.13 Å². The summed E-state index contributed by atoms with van der Waals surface area (Å²) < 4.78 is 1.12. The number of fused-ring (bicyclic) bond motifs is 1. The van der Waals surface area contributed by atoms with Gasteiger partial charge in [-0.3, -0.25) is 0 Å². The summed E-state index contributed by atoms with van der Waals surface area (Å²) in [5, 5.41) is 5.09. The minimum absolute atomic E-state index is 0.757. The van der Waals surface area contributed by atoms with Crippen LogP contribution in [-0.4, -0.2) is 4.98 Å². The molecule has 3 aromatic rings. The van der Waals surface area contributed by atoms with Crippen LogP contribution >= 0.6 is 34.3 Å². The normalized spacial score (nSPS) is 11.1. The predicted molar refractivity (Wildman–Crippen MR) is 85.7 cm³/mol. The molecule has 1 N–H and O–H groups in total. The summed E-state index contributed by atoms with van der Waals surface area (Å²) in [7, 11) is 0. The van der Waals surface area contributed by atoms with Crippen molar-refractivity contribution in [1.82, 2.24) is 4.98 Å². The lowest BCUT2D eigenvalue weighted by Gasteiger charge is -1.98. The second-order valence-corrected chi connectivity index (χ2v) is 7.24. The number of hydrogen-bond donors (Lipinski definition) is 1. The number of benzene rings is 1. The zero-order chi connectivity index (χ0) is 13.4. The molecule has 0 fully saturated rings. The molecular weight excluding hydrogens is 296 g/mol. The van der Waals surface area contributed by atoms with E-state index in [2.05, 4.69) is 30.2 Å². The fraction of sp³-hybridized carbons (Fsp3) is 0.214. The molecule has 0 saturated carbocycles. The van der Waals surface area contributed by atoms with Crippen LogP contribution in [0.3, 0.4) is 0 Å². The molecule has 2 heterocycles. The molecule has 0 aliphatic heterocycles. The van der Waals surface area contributed by atoms with Gasteiger partial charge in [-0.15, -0.1) is 11.3 Å². The van der Waals surface area contributed by atoms with E-state index in [1.54, 1.807) is 11.3 Å². The van der Waals surface area contributed by atoms with Crippen LogP contribution in [-0.2, 0) is 6.54 Å². The van der Waals surface area contributed by atoms with Gasteiger partial charge in [0, 0.05) is 14.8 Å². The highest BCUT2D eigenvalue weighted by atomic mass is 35.5. The fourth-order valence-corrected chi connectivity index (χ4v) is 4.00. The Labute approximate surface area is 125 Å². The molecule has 0 bridgehead atoms. The number of thiazole rings is 1. The van der Waals surface area contributed by atoms with Crippen LogP contribution in [0.4, 0.5) is 5.13 Å². The number of rotatable bonds is 3. The minimum Gasteiger partial charge on any atom is -0.357 e. The lowest BCUT2D eigenvalue weighted by molar-refractivity contribution is 1.17. The topological polar surface area (TPSA) is 24.9 Å². The SMILES string of the molecule is Cc1cc(CNc2nc3ccc(Cl)cc3s2)sc1C. The second-order valence-electron chi connectivity index (χ2n) is 4.44. The van der Waals surface area contributed by atoms with E-state index in [-0.39, 0.29) is 0 Å². The van der Waals surface area contributed by atoms with Crippen molar-refractivity contribution in [3.8, 4) is 0 Å². The van der Waals surface area contributed by atoms with Gasteiger partial charge < -0.3 is 5.32 Å². The summed E-state index contributed by atoms with van der Waals surface area (Å²) >= 11 is 9.46. The molecule has 19 heavy (non-hydrogen) atoms. The Bertz CT molecular complexity index is 711. The third-order valence-electron chi connectivity index (χ3n) is 2.98. The Balaban J connectivity index is 1.78. The zero-order valence-electron chi connectivity index (χ0n) is 10.7. The van der Waals surface area contributed by atoms with Crippen molar-refractivity contribution in [3.63, 3.8) is 0 Å². The van der Waals surface area contributed by atoms with Gasteiger partial charge in [0.25, 0.3) is 0 Å². The molecule has 0 atom stereocenters. The number of hydrogen-bond acceptors (Lipinski definition) is 4. The first kappa shape index (κ1) is 12.9. The second kappa shape index (κ2) is 5.12. The maximum atomic E-state index is 5.98. The van der Waals surface area contributed by atoms with Crippen LogP contribution < -0.4 is 5.32 Å². The molecule has 0 spiro atoms. The van der Waals surface area contributed by atoms with Crippen molar-refractivity contribution >= 4 is 49.6 Å². The molecule has 5 heteroatoms. The van der Waals surface area contributed by atoms with Crippen molar-refractivity contribution in [2.75, 3.05) is 5.32 Å². The number of nitrogens with one attached hydrogen (secondary N) is 1. The van der Waals surface area contributed by atoms with Crippen molar-refractivity contribution in [3.05, 3.63) is 44.6 Å². The number of aryl methyl sites for hydroxylation is 2. The van der Waals surface area contributed by atoms with Gasteiger partial charge in [-0.05, 0) is 43.7 Å². The van der Waals surface area contributed by atoms with E-state index in [9.17, 15) is 0 Å². The van der Waals surface area contributed by atoms with Crippen LogP contribution in [0.1, 0.15) is 15.3 Å². The van der Waals surface area contributed by atoms with Gasteiger partial charge in [-0.25, -0.2) is 4.98 Å². The van der Waals surface area contributed by atoms with Crippen molar-refractivity contribution in [2.45, 2.75) is 20.4 Å². The smallest absolute Gasteiger partial charge is 0.184 e. The van der Waals surface area contributed by atoms with Gasteiger partial charge in [0.05, 0.1) is 16.8 Å². The predicted octanol–water partition coefficient (Wildman–Crippen LogP) is 5.24. The molecule has 0 aliphatic carbocycles. The zero-order valence-corrected chi connectivity index (χ0v) is 13.0. The van der Waals surface area contributed by atoms with Crippen LogP contribution in [0, 0.1) is 13.8 Å². The number of nitrogens with zero attached hydrogens (tertiary/aromatic N) is 1. The average molecular weight is 309 g/mol. The summed E-state index contributed by atoms with van der Waals surface area (Å²) in [6, 6.07) is 8.02. The highest BCUT2D eigenvalue weighted by molar-refractivity contribution is 7.22. The van der Waals surface area contributed by atoms with E-state index in [4.69, 9.17) is 11.6 Å². The maximum Gasteiger partial charge on any atom is 0.184 e. The van der Waals surface area contributed by atoms with E-state index < -0.39 is 0 Å². The quantitative estimate of drug-likeness (QED) is 0.715. The van der Waals surface area contributed by atoms with E-state index >= 15 is 0 Å².